The van der Waals surface area contributed by atoms with Crippen molar-refractivity contribution < 1.29 is 8.42 Å². The van der Waals surface area contributed by atoms with E-state index in [1.807, 2.05) is 43.3 Å². The first kappa shape index (κ1) is 15.9. The molecule has 0 bridgehead atoms. The van der Waals surface area contributed by atoms with Gasteiger partial charge in [0.1, 0.15) is 4.21 Å². The predicted molar refractivity (Wildman–Crippen MR) is 94.3 cm³/mol. The molecule has 23 heavy (non-hydrogen) atoms. The van der Waals surface area contributed by atoms with E-state index in [1.54, 1.807) is 23.6 Å². The highest BCUT2D eigenvalue weighted by Gasteiger charge is 2.17. The van der Waals surface area contributed by atoms with Crippen molar-refractivity contribution in [1.29, 1.82) is 0 Å². The molecular formula is C16H17N3O2S2. The number of fused-ring (bicyclic) bond motifs is 1. The van der Waals surface area contributed by atoms with Crippen molar-refractivity contribution in [3.63, 3.8) is 0 Å². The van der Waals surface area contributed by atoms with Gasteiger partial charge in [0.05, 0.1) is 16.9 Å². The van der Waals surface area contributed by atoms with Gasteiger partial charge in [-0.1, -0.05) is 24.3 Å². The lowest BCUT2D eigenvalue weighted by atomic mass is 10.2. The van der Waals surface area contributed by atoms with Crippen molar-refractivity contribution in [2.24, 2.45) is 0 Å². The first-order valence-electron chi connectivity index (χ1n) is 7.05. The Balaban J connectivity index is 2.03. The van der Waals surface area contributed by atoms with Crippen molar-refractivity contribution in [1.82, 2.24) is 9.88 Å². The van der Waals surface area contributed by atoms with E-state index in [0.717, 1.165) is 11.1 Å². The van der Waals surface area contributed by atoms with Crippen molar-refractivity contribution in [3.05, 3.63) is 53.5 Å². The quantitative estimate of drug-likeness (QED) is 0.770. The van der Waals surface area contributed by atoms with Crippen LogP contribution in [0.25, 0.3) is 10.9 Å². The number of para-hydroxylation sites is 1. The second-order valence-electron chi connectivity index (χ2n) is 5.46. The highest BCUT2D eigenvalue weighted by atomic mass is 32.2. The summed E-state index contributed by atoms with van der Waals surface area (Å²) >= 11 is 1.19. The molecule has 0 aliphatic carbocycles. The average Bonchev–Trinajstić information content (AvgIpc) is 3.02. The molecule has 3 aromatic rings. The van der Waals surface area contributed by atoms with E-state index in [9.17, 15) is 8.42 Å². The topological polar surface area (TPSA) is 62.3 Å². The second-order valence-corrected chi connectivity index (χ2v) is 8.31. The second kappa shape index (κ2) is 6.27. The van der Waals surface area contributed by atoms with Gasteiger partial charge in [-0.25, -0.2) is 13.4 Å². The van der Waals surface area contributed by atoms with Gasteiger partial charge in [0, 0.05) is 11.9 Å². The van der Waals surface area contributed by atoms with Crippen LogP contribution < -0.4 is 4.72 Å². The third-order valence-corrected chi connectivity index (χ3v) is 6.02. The van der Waals surface area contributed by atoms with E-state index in [2.05, 4.69) is 9.71 Å². The number of rotatable bonds is 5. The van der Waals surface area contributed by atoms with Crippen LogP contribution in [0.15, 0.2) is 52.1 Å². The summed E-state index contributed by atoms with van der Waals surface area (Å²) in [6.07, 6.45) is 0. The summed E-state index contributed by atoms with van der Waals surface area (Å²) in [5.41, 5.74) is 2.05. The molecule has 0 amide bonds. The molecule has 0 aliphatic rings. The molecule has 0 saturated carbocycles. The van der Waals surface area contributed by atoms with Crippen LogP contribution in [0, 0.1) is 0 Å². The molecule has 5 nitrogen and oxygen atoms in total. The van der Waals surface area contributed by atoms with Crippen molar-refractivity contribution >= 4 is 38.0 Å². The van der Waals surface area contributed by atoms with E-state index in [0.29, 0.717) is 22.0 Å². The van der Waals surface area contributed by atoms with Crippen LogP contribution in [0.2, 0.25) is 0 Å². The van der Waals surface area contributed by atoms with E-state index < -0.39 is 10.0 Å². The van der Waals surface area contributed by atoms with Crippen molar-refractivity contribution in [2.75, 3.05) is 18.8 Å². The van der Waals surface area contributed by atoms with Gasteiger partial charge in [-0.15, -0.1) is 11.3 Å². The molecule has 0 fully saturated rings. The highest BCUT2D eigenvalue weighted by Crippen LogP contribution is 2.26. The lowest BCUT2D eigenvalue weighted by Crippen LogP contribution is -2.13. The minimum Gasteiger partial charge on any atom is -0.304 e. The Labute approximate surface area is 139 Å². The average molecular weight is 347 g/mol. The molecule has 2 aromatic heterocycles. The summed E-state index contributed by atoms with van der Waals surface area (Å²) in [5, 5.41) is 2.64. The Kier molecular flexibility index (Phi) is 4.34. The van der Waals surface area contributed by atoms with E-state index in [4.69, 9.17) is 0 Å². The van der Waals surface area contributed by atoms with Crippen molar-refractivity contribution in [3.8, 4) is 0 Å². The van der Waals surface area contributed by atoms with Crippen LogP contribution in [0.5, 0.6) is 0 Å². The molecule has 0 saturated heterocycles. The lowest BCUT2D eigenvalue weighted by molar-refractivity contribution is 0.397. The van der Waals surface area contributed by atoms with Crippen LogP contribution >= 0.6 is 11.3 Å². The third kappa shape index (κ3) is 3.52. The fraction of sp³-hybridized carbons (Fsp3) is 0.188. The molecule has 3 rings (SSSR count). The van der Waals surface area contributed by atoms with Gasteiger partial charge in [0.15, 0.2) is 0 Å². The molecule has 0 atom stereocenters. The number of nitrogens with zero attached hydrogens (tertiary/aromatic N) is 2. The molecule has 1 N–H and O–H groups in total. The number of aromatic nitrogens is 1. The number of sulfonamides is 1. The summed E-state index contributed by atoms with van der Waals surface area (Å²) in [4.78, 5) is 6.64. The zero-order chi connectivity index (χ0) is 16.4. The van der Waals surface area contributed by atoms with E-state index in [1.165, 1.54) is 11.3 Å². The van der Waals surface area contributed by atoms with Crippen LogP contribution in [-0.4, -0.2) is 32.4 Å². The monoisotopic (exact) mass is 347 g/mol. The smallest absolute Gasteiger partial charge is 0.271 e. The van der Waals surface area contributed by atoms with Crippen LogP contribution in [0.3, 0.4) is 0 Å². The minimum absolute atomic E-state index is 0.291. The maximum Gasteiger partial charge on any atom is 0.271 e. The maximum absolute atomic E-state index is 12.4. The van der Waals surface area contributed by atoms with Crippen LogP contribution in [0.4, 0.5) is 5.69 Å². The van der Waals surface area contributed by atoms with Crippen LogP contribution in [0.1, 0.15) is 5.69 Å². The number of pyridine rings is 1. The first-order chi connectivity index (χ1) is 11.0. The molecule has 0 radical (unpaired) electrons. The van der Waals surface area contributed by atoms with Gasteiger partial charge in [-0.05, 0) is 37.7 Å². The number of hydrogen-bond acceptors (Lipinski definition) is 5. The highest BCUT2D eigenvalue weighted by molar-refractivity contribution is 7.94. The summed E-state index contributed by atoms with van der Waals surface area (Å²) in [5.74, 6) is 0. The normalized spacial score (nSPS) is 12.0. The SMILES string of the molecule is CN(C)Cc1ccc2cccc(NS(=O)(=O)c3cccs3)c2n1. The number of benzene rings is 1. The fourth-order valence-electron chi connectivity index (χ4n) is 2.29. The fourth-order valence-corrected chi connectivity index (χ4v) is 4.35. The molecule has 1 aromatic carbocycles. The summed E-state index contributed by atoms with van der Waals surface area (Å²) in [6, 6.07) is 12.7. The van der Waals surface area contributed by atoms with Gasteiger partial charge < -0.3 is 4.90 Å². The molecule has 0 unspecified atom stereocenters. The van der Waals surface area contributed by atoms with Gasteiger partial charge >= 0.3 is 0 Å². The van der Waals surface area contributed by atoms with E-state index >= 15 is 0 Å². The number of anilines is 1. The Morgan fingerprint density at radius 3 is 2.65 bits per heavy atom. The van der Waals surface area contributed by atoms with Gasteiger partial charge in [0.2, 0.25) is 0 Å². The van der Waals surface area contributed by atoms with Crippen molar-refractivity contribution in [2.45, 2.75) is 10.8 Å². The number of nitrogens with one attached hydrogen (secondary N) is 1. The Morgan fingerprint density at radius 1 is 1.13 bits per heavy atom. The number of thiophene rings is 1. The van der Waals surface area contributed by atoms with Crippen LogP contribution in [-0.2, 0) is 16.6 Å². The predicted octanol–water partition coefficient (Wildman–Crippen LogP) is 3.16. The van der Waals surface area contributed by atoms with Gasteiger partial charge in [0.25, 0.3) is 10.0 Å². The largest absolute Gasteiger partial charge is 0.304 e. The minimum atomic E-state index is -3.58. The maximum atomic E-state index is 12.4. The molecular weight excluding hydrogens is 330 g/mol. The third-order valence-electron chi connectivity index (χ3n) is 3.26. The molecule has 120 valence electrons. The van der Waals surface area contributed by atoms with Gasteiger partial charge in [-0.3, -0.25) is 4.72 Å². The Hall–Kier alpha value is -1.96. The molecule has 0 spiro atoms. The number of hydrogen-bond donors (Lipinski definition) is 1. The Morgan fingerprint density at radius 2 is 1.96 bits per heavy atom. The first-order valence-corrected chi connectivity index (χ1v) is 9.42. The molecule has 7 heteroatoms. The molecule has 0 aliphatic heterocycles. The zero-order valence-electron chi connectivity index (χ0n) is 12.9. The summed E-state index contributed by atoms with van der Waals surface area (Å²) in [6.45, 7) is 0.696. The lowest BCUT2D eigenvalue weighted by Gasteiger charge is -2.12. The standard InChI is InChI=1S/C16H17N3O2S2/c1-19(2)11-13-9-8-12-5-3-6-14(16(12)17-13)18-23(20,21)15-7-4-10-22-15/h3-10,18H,11H2,1-2H3. The van der Waals surface area contributed by atoms with E-state index in [-0.39, 0.29) is 0 Å². The summed E-state index contributed by atoms with van der Waals surface area (Å²) < 4.78 is 27.8. The zero-order valence-corrected chi connectivity index (χ0v) is 14.5. The Bertz CT molecular complexity index is 920. The molecule has 2 heterocycles. The van der Waals surface area contributed by atoms with Gasteiger partial charge in [-0.2, -0.15) is 0 Å². The summed E-state index contributed by atoms with van der Waals surface area (Å²) in [7, 11) is 0.360.